The van der Waals surface area contributed by atoms with Gasteiger partial charge in [0.1, 0.15) is 12.1 Å². The molecule has 0 bridgehead atoms. The van der Waals surface area contributed by atoms with Crippen LogP contribution in [0.5, 0.6) is 0 Å². The van der Waals surface area contributed by atoms with Crippen molar-refractivity contribution in [2.45, 2.75) is 57.5 Å². The lowest BCUT2D eigenvalue weighted by Crippen LogP contribution is -2.44. The van der Waals surface area contributed by atoms with Crippen molar-refractivity contribution in [3.05, 3.63) is 35.9 Å². The minimum Gasteiger partial charge on any atom is -0.454 e. The molecule has 1 aliphatic heterocycles. The molecule has 1 saturated carbocycles. The van der Waals surface area contributed by atoms with Crippen LogP contribution in [0.4, 0.5) is 4.79 Å². The van der Waals surface area contributed by atoms with Gasteiger partial charge in [0.25, 0.3) is 11.8 Å². The molecular formula is C22H29N3O5. The molecule has 0 unspecified atom stereocenters. The fraction of sp³-hybridized carbons (Fsp3) is 0.545. The molecule has 2 fully saturated rings. The maximum Gasteiger partial charge on any atom is 0.326 e. The minimum absolute atomic E-state index is 0.0898. The Hall–Kier alpha value is -2.90. The van der Waals surface area contributed by atoms with Crippen LogP contribution in [-0.2, 0) is 24.7 Å². The normalized spacial score (nSPS) is 26.3. The molecule has 0 aromatic heterocycles. The minimum atomic E-state index is -1.20. The third-order valence-electron chi connectivity index (χ3n) is 6.08. The van der Waals surface area contributed by atoms with Gasteiger partial charge in [-0.2, -0.15) is 0 Å². The van der Waals surface area contributed by atoms with E-state index in [1.165, 1.54) is 0 Å². The number of rotatable bonds is 7. The molecule has 1 aromatic rings. The summed E-state index contributed by atoms with van der Waals surface area (Å²) in [4.78, 5) is 50.6. The molecule has 0 spiro atoms. The number of ether oxygens (including phenoxy) is 1. The number of carbonyl (C=O) groups is 4. The van der Waals surface area contributed by atoms with Gasteiger partial charge in [-0.3, -0.25) is 19.3 Å². The van der Waals surface area contributed by atoms with Gasteiger partial charge in [-0.25, -0.2) is 4.79 Å². The summed E-state index contributed by atoms with van der Waals surface area (Å²) < 4.78 is 5.02. The van der Waals surface area contributed by atoms with Crippen molar-refractivity contribution >= 4 is 23.8 Å². The van der Waals surface area contributed by atoms with Crippen molar-refractivity contribution in [3.63, 3.8) is 0 Å². The Morgan fingerprint density at radius 3 is 2.57 bits per heavy atom. The van der Waals surface area contributed by atoms with Crippen LogP contribution in [-0.4, -0.2) is 47.9 Å². The summed E-state index contributed by atoms with van der Waals surface area (Å²) in [6, 6.07) is 8.36. The SMILES string of the molecule is CC[C@]1(c2ccccc2)NC(=O)N(CC(=O)OCC(=O)N[C@H]2CCCC[C@@H]2C)C1=O. The molecule has 1 heterocycles. The largest absolute Gasteiger partial charge is 0.454 e. The number of benzene rings is 1. The van der Waals surface area contributed by atoms with E-state index < -0.39 is 36.6 Å². The number of hydrogen-bond donors (Lipinski definition) is 2. The zero-order chi connectivity index (χ0) is 21.7. The molecule has 8 heteroatoms. The van der Waals surface area contributed by atoms with E-state index in [0.29, 0.717) is 17.9 Å². The first-order chi connectivity index (χ1) is 14.4. The standard InChI is InChI=1S/C22H29N3O5/c1-3-22(16-10-5-4-6-11-16)20(28)25(21(29)24-22)13-19(27)30-14-18(26)23-17-12-8-7-9-15(17)2/h4-6,10-11,15,17H,3,7-9,12-14H2,1-2H3,(H,23,26)(H,24,29)/t15-,17-,22+/m0/s1. The molecule has 1 aromatic carbocycles. The summed E-state index contributed by atoms with van der Waals surface area (Å²) in [5.74, 6) is -1.28. The fourth-order valence-electron chi connectivity index (χ4n) is 4.23. The summed E-state index contributed by atoms with van der Waals surface area (Å²) in [6.07, 6.45) is 4.56. The topological polar surface area (TPSA) is 105 Å². The summed E-state index contributed by atoms with van der Waals surface area (Å²) in [7, 11) is 0. The molecule has 2 aliphatic rings. The molecule has 8 nitrogen and oxygen atoms in total. The van der Waals surface area contributed by atoms with Gasteiger partial charge >= 0.3 is 12.0 Å². The Morgan fingerprint density at radius 2 is 1.90 bits per heavy atom. The van der Waals surface area contributed by atoms with Crippen LogP contribution in [0.15, 0.2) is 30.3 Å². The van der Waals surface area contributed by atoms with E-state index in [2.05, 4.69) is 17.6 Å². The molecule has 2 N–H and O–H groups in total. The number of carbonyl (C=O) groups excluding carboxylic acids is 4. The van der Waals surface area contributed by atoms with E-state index >= 15 is 0 Å². The number of nitrogens with zero attached hydrogens (tertiary/aromatic N) is 1. The molecule has 162 valence electrons. The zero-order valence-electron chi connectivity index (χ0n) is 17.5. The monoisotopic (exact) mass is 415 g/mol. The second kappa shape index (κ2) is 9.28. The van der Waals surface area contributed by atoms with E-state index in [0.717, 1.165) is 30.6 Å². The van der Waals surface area contributed by atoms with E-state index in [9.17, 15) is 19.2 Å². The van der Waals surface area contributed by atoms with Gasteiger partial charge in [-0.05, 0) is 30.7 Å². The number of amides is 4. The average molecular weight is 415 g/mol. The Morgan fingerprint density at radius 1 is 1.20 bits per heavy atom. The van der Waals surface area contributed by atoms with Crippen LogP contribution in [0.25, 0.3) is 0 Å². The molecule has 1 aliphatic carbocycles. The zero-order valence-corrected chi connectivity index (χ0v) is 17.5. The van der Waals surface area contributed by atoms with Crippen molar-refractivity contribution < 1.29 is 23.9 Å². The van der Waals surface area contributed by atoms with Crippen molar-refractivity contribution in [1.82, 2.24) is 15.5 Å². The Labute approximate surface area is 176 Å². The predicted octanol–water partition coefficient (Wildman–Crippen LogP) is 2.08. The van der Waals surface area contributed by atoms with E-state index in [1.807, 2.05) is 6.07 Å². The van der Waals surface area contributed by atoms with Crippen molar-refractivity contribution in [2.75, 3.05) is 13.2 Å². The van der Waals surface area contributed by atoms with Crippen LogP contribution in [0.3, 0.4) is 0 Å². The van der Waals surface area contributed by atoms with Gasteiger partial charge in [0.2, 0.25) is 0 Å². The van der Waals surface area contributed by atoms with Gasteiger partial charge in [0.15, 0.2) is 6.61 Å². The predicted molar refractivity (Wildman–Crippen MR) is 109 cm³/mol. The summed E-state index contributed by atoms with van der Waals surface area (Å²) in [6.45, 7) is 2.93. The lowest BCUT2D eigenvalue weighted by molar-refractivity contribution is -0.151. The number of esters is 1. The molecular weight excluding hydrogens is 386 g/mol. The molecule has 3 rings (SSSR count). The van der Waals surface area contributed by atoms with E-state index in [4.69, 9.17) is 4.74 Å². The van der Waals surface area contributed by atoms with Gasteiger partial charge in [0, 0.05) is 6.04 Å². The number of imide groups is 1. The first-order valence-corrected chi connectivity index (χ1v) is 10.5. The van der Waals surface area contributed by atoms with Gasteiger partial charge in [-0.15, -0.1) is 0 Å². The highest BCUT2D eigenvalue weighted by Gasteiger charge is 2.51. The highest BCUT2D eigenvalue weighted by molar-refractivity contribution is 6.09. The van der Waals surface area contributed by atoms with Gasteiger partial charge in [0.05, 0.1) is 0 Å². The van der Waals surface area contributed by atoms with Crippen LogP contribution in [0.1, 0.15) is 51.5 Å². The molecule has 30 heavy (non-hydrogen) atoms. The van der Waals surface area contributed by atoms with E-state index in [1.54, 1.807) is 31.2 Å². The smallest absolute Gasteiger partial charge is 0.326 e. The van der Waals surface area contributed by atoms with Crippen molar-refractivity contribution in [2.24, 2.45) is 5.92 Å². The average Bonchev–Trinajstić information content (AvgIpc) is 2.99. The Balaban J connectivity index is 1.55. The highest BCUT2D eigenvalue weighted by atomic mass is 16.5. The maximum absolute atomic E-state index is 13.0. The molecule has 0 radical (unpaired) electrons. The first kappa shape index (κ1) is 21.8. The quantitative estimate of drug-likeness (QED) is 0.524. The lowest BCUT2D eigenvalue weighted by Gasteiger charge is -2.29. The summed E-state index contributed by atoms with van der Waals surface area (Å²) in [5.41, 5.74) is -0.546. The summed E-state index contributed by atoms with van der Waals surface area (Å²) in [5, 5.41) is 5.62. The summed E-state index contributed by atoms with van der Waals surface area (Å²) >= 11 is 0. The second-order valence-electron chi connectivity index (χ2n) is 8.04. The van der Waals surface area contributed by atoms with Crippen molar-refractivity contribution in [3.8, 4) is 0 Å². The van der Waals surface area contributed by atoms with Crippen LogP contribution >= 0.6 is 0 Å². The number of hydrogen-bond acceptors (Lipinski definition) is 5. The van der Waals surface area contributed by atoms with Gasteiger partial charge < -0.3 is 15.4 Å². The maximum atomic E-state index is 13.0. The molecule has 3 atom stereocenters. The molecule has 4 amide bonds. The van der Waals surface area contributed by atoms with Crippen LogP contribution in [0, 0.1) is 5.92 Å². The first-order valence-electron chi connectivity index (χ1n) is 10.5. The van der Waals surface area contributed by atoms with Crippen molar-refractivity contribution in [1.29, 1.82) is 0 Å². The van der Waals surface area contributed by atoms with Crippen LogP contribution < -0.4 is 10.6 Å². The Kier molecular flexibility index (Phi) is 6.74. The van der Waals surface area contributed by atoms with Crippen LogP contribution in [0.2, 0.25) is 0 Å². The third kappa shape index (κ3) is 4.47. The van der Waals surface area contributed by atoms with Gasteiger partial charge in [-0.1, -0.05) is 57.0 Å². The Bertz CT molecular complexity index is 812. The highest BCUT2D eigenvalue weighted by Crippen LogP contribution is 2.32. The fourth-order valence-corrected chi connectivity index (χ4v) is 4.23. The third-order valence-corrected chi connectivity index (χ3v) is 6.08. The number of nitrogens with one attached hydrogen (secondary N) is 2. The molecule has 1 saturated heterocycles. The second-order valence-corrected chi connectivity index (χ2v) is 8.04. The van der Waals surface area contributed by atoms with E-state index in [-0.39, 0.29) is 11.9 Å². The lowest BCUT2D eigenvalue weighted by atomic mass is 9.86. The number of urea groups is 1.